The number of amides is 1. The molecule has 0 saturated heterocycles. The Kier molecular flexibility index (Phi) is 2.80. The van der Waals surface area contributed by atoms with Crippen LogP contribution in [0, 0.1) is 0 Å². The molecule has 19 heavy (non-hydrogen) atoms. The van der Waals surface area contributed by atoms with Crippen LogP contribution in [0.2, 0.25) is 0 Å². The molecule has 1 heterocycles. The van der Waals surface area contributed by atoms with Crippen LogP contribution in [0.3, 0.4) is 0 Å². The van der Waals surface area contributed by atoms with Crippen molar-refractivity contribution in [2.75, 3.05) is 0 Å². The zero-order valence-corrected chi connectivity index (χ0v) is 10.4. The first kappa shape index (κ1) is 11.5. The molecule has 0 atom stereocenters. The van der Waals surface area contributed by atoms with E-state index < -0.39 is 0 Å². The van der Waals surface area contributed by atoms with Crippen LogP contribution < -0.4 is 5.73 Å². The Morgan fingerprint density at radius 3 is 2.58 bits per heavy atom. The molecule has 1 aromatic heterocycles. The van der Waals surface area contributed by atoms with E-state index in [2.05, 4.69) is 29.2 Å². The maximum Gasteiger partial charge on any atom is 0.221 e. The average Bonchev–Trinajstić information content (AvgIpc) is 2.82. The standard InChI is InChI=1S/C16H14N2O/c17-16(19)9-13-10-18-15-7-6-12(8-14(13)15)11-4-2-1-3-5-11/h1-8,10,18H,9H2,(H2,17,19). The van der Waals surface area contributed by atoms with Crippen molar-refractivity contribution in [3.63, 3.8) is 0 Å². The number of hydrogen-bond donors (Lipinski definition) is 2. The van der Waals surface area contributed by atoms with Crippen molar-refractivity contribution in [2.24, 2.45) is 5.73 Å². The molecule has 0 aliphatic heterocycles. The van der Waals surface area contributed by atoms with E-state index >= 15 is 0 Å². The summed E-state index contributed by atoms with van der Waals surface area (Å²) in [4.78, 5) is 14.2. The first-order valence-corrected chi connectivity index (χ1v) is 6.18. The normalized spacial score (nSPS) is 10.7. The summed E-state index contributed by atoms with van der Waals surface area (Å²) in [6, 6.07) is 16.4. The smallest absolute Gasteiger partial charge is 0.221 e. The lowest BCUT2D eigenvalue weighted by atomic mass is 10.0. The number of hydrogen-bond acceptors (Lipinski definition) is 1. The van der Waals surface area contributed by atoms with E-state index in [4.69, 9.17) is 5.73 Å². The SMILES string of the molecule is NC(=O)Cc1c[nH]c2ccc(-c3ccccc3)cc12. The quantitative estimate of drug-likeness (QED) is 0.737. The molecule has 1 amide bonds. The van der Waals surface area contributed by atoms with Crippen molar-refractivity contribution in [3.05, 3.63) is 60.3 Å². The topological polar surface area (TPSA) is 58.9 Å². The molecule has 0 aliphatic rings. The van der Waals surface area contributed by atoms with Crippen LogP contribution in [0.1, 0.15) is 5.56 Å². The van der Waals surface area contributed by atoms with Gasteiger partial charge in [-0.25, -0.2) is 0 Å². The van der Waals surface area contributed by atoms with E-state index in [1.807, 2.05) is 30.5 Å². The third-order valence-corrected chi connectivity index (χ3v) is 3.24. The highest BCUT2D eigenvalue weighted by atomic mass is 16.1. The third-order valence-electron chi connectivity index (χ3n) is 3.24. The molecule has 3 aromatic rings. The second-order valence-electron chi connectivity index (χ2n) is 4.58. The second kappa shape index (κ2) is 4.61. The molecule has 94 valence electrons. The Morgan fingerprint density at radius 1 is 1.05 bits per heavy atom. The fourth-order valence-corrected chi connectivity index (χ4v) is 2.32. The van der Waals surface area contributed by atoms with Crippen LogP contribution in [0.5, 0.6) is 0 Å². The van der Waals surface area contributed by atoms with Gasteiger partial charge in [-0.15, -0.1) is 0 Å². The van der Waals surface area contributed by atoms with Gasteiger partial charge in [0.2, 0.25) is 5.91 Å². The third kappa shape index (κ3) is 2.22. The Labute approximate surface area is 111 Å². The maximum atomic E-state index is 11.1. The van der Waals surface area contributed by atoms with Gasteiger partial charge in [0.05, 0.1) is 6.42 Å². The molecule has 3 rings (SSSR count). The molecule has 0 aliphatic carbocycles. The molecule has 0 bridgehead atoms. The van der Waals surface area contributed by atoms with E-state index in [0.717, 1.165) is 27.6 Å². The molecule has 2 aromatic carbocycles. The molecule has 0 unspecified atom stereocenters. The van der Waals surface area contributed by atoms with Gasteiger partial charge in [0.25, 0.3) is 0 Å². The predicted octanol–water partition coefficient (Wildman–Crippen LogP) is 2.86. The van der Waals surface area contributed by atoms with Gasteiger partial charge >= 0.3 is 0 Å². The highest BCUT2D eigenvalue weighted by molar-refractivity contribution is 5.91. The van der Waals surface area contributed by atoms with Gasteiger partial charge in [0, 0.05) is 17.1 Å². The summed E-state index contributed by atoms with van der Waals surface area (Å²) in [5.41, 5.74) is 9.54. The van der Waals surface area contributed by atoms with Crippen molar-refractivity contribution in [2.45, 2.75) is 6.42 Å². The first-order chi connectivity index (χ1) is 9.24. The molecule has 3 heteroatoms. The molecule has 3 nitrogen and oxygen atoms in total. The monoisotopic (exact) mass is 250 g/mol. The number of nitrogens with two attached hydrogens (primary N) is 1. The summed E-state index contributed by atoms with van der Waals surface area (Å²) in [7, 11) is 0. The zero-order valence-electron chi connectivity index (χ0n) is 10.4. The lowest BCUT2D eigenvalue weighted by Crippen LogP contribution is -2.13. The summed E-state index contributed by atoms with van der Waals surface area (Å²) in [6.07, 6.45) is 2.11. The molecular weight excluding hydrogens is 236 g/mol. The van der Waals surface area contributed by atoms with Crippen molar-refractivity contribution in [3.8, 4) is 11.1 Å². The van der Waals surface area contributed by atoms with Crippen LogP contribution in [0.4, 0.5) is 0 Å². The largest absolute Gasteiger partial charge is 0.369 e. The number of aromatic nitrogens is 1. The zero-order chi connectivity index (χ0) is 13.2. The lowest BCUT2D eigenvalue weighted by Gasteiger charge is -2.03. The minimum Gasteiger partial charge on any atom is -0.369 e. The molecule has 0 saturated carbocycles. The summed E-state index contributed by atoms with van der Waals surface area (Å²) in [6.45, 7) is 0. The van der Waals surface area contributed by atoms with Gasteiger partial charge in [0.15, 0.2) is 0 Å². The molecule has 0 fully saturated rings. The highest BCUT2D eigenvalue weighted by Crippen LogP contribution is 2.26. The molecule has 0 spiro atoms. The van der Waals surface area contributed by atoms with E-state index in [9.17, 15) is 4.79 Å². The van der Waals surface area contributed by atoms with E-state index in [1.54, 1.807) is 0 Å². The van der Waals surface area contributed by atoms with Crippen LogP contribution in [-0.2, 0) is 11.2 Å². The molecule has 3 N–H and O–H groups in total. The fraction of sp³-hybridized carbons (Fsp3) is 0.0625. The van der Waals surface area contributed by atoms with Crippen LogP contribution in [0.15, 0.2) is 54.7 Å². The number of fused-ring (bicyclic) bond motifs is 1. The molecule has 0 radical (unpaired) electrons. The summed E-state index contributed by atoms with van der Waals surface area (Å²) in [5.74, 6) is -0.314. The first-order valence-electron chi connectivity index (χ1n) is 6.18. The summed E-state index contributed by atoms with van der Waals surface area (Å²) in [5, 5.41) is 1.06. The number of benzene rings is 2. The Morgan fingerprint density at radius 2 is 1.84 bits per heavy atom. The van der Waals surface area contributed by atoms with Crippen molar-refractivity contribution < 1.29 is 4.79 Å². The Balaban J connectivity index is 2.11. The minimum atomic E-state index is -0.314. The van der Waals surface area contributed by atoms with Crippen LogP contribution in [-0.4, -0.2) is 10.9 Å². The van der Waals surface area contributed by atoms with Gasteiger partial charge in [-0.1, -0.05) is 36.4 Å². The number of H-pyrrole nitrogens is 1. The number of nitrogens with one attached hydrogen (secondary N) is 1. The predicted molar refractivity (Wildman–Crippen MR) is 76.6 cm³/mol. The van der Waals surface area contributed by atoms with E-state index in [-0.39, 0.29) is 12.3 Å². The van der Waals surface area contributed by atoms with Crippen molar-refractivity contribution in [1.82, 2.24) is 4.98 Å². The fourth-order valence-electron chi connectivity index (χ4n) is 2.32. The average molecular weight is 250 g/mol. The molecular formula is C16H14N2O. The maximum absolute atomic E-state index is 11.1. The number of primary amides is 1. The van der Waals surface area contributed by atoms with Gasteiger partial charge in [-0.2, -0.15) is 0 Å². The minimum absolute atomic E-state index is 0.262. The second-order valence-corrected chi connectivity index (χ2v) is 4.58. The Hall–Kier alpha value is -2.55. The van der Waals surface area contributed by atoms with Gasteiger partial charge in [-0.3, -0.25) is 4.79 Å². The lowest BCUT2D eigenvalue weighted by molar-refractivity contribution is -0.117. The number of rotatable bonds is 3. The van der Waals surface area contributed by atoms with E-state index in [0.29, 0.717) is 0 Å². The van der Waals surface area contributed by atoms with Gasteiger partial charge < -0.3 is 10.7 Å². The van der Waals surface area contributed by atoms with Crippen molar-refractivity contribution >= 4 is 16.8 Å². The number of carbonyl (C=O) groups excluding carboxylic acids is 1. The highest BCUT2D eigenvalue weighted by Gasteiger charge is 2.07. The summed E-state index contributed by atoms with van der Waals surface area (Å²) < 4.78 is 0. The van der Waals surface area contributed by atoms with Gasteiger partial charge in [0.1, 0.15) is 0 Å². The van der Waals surface area contributed by atoms with Crippen LogP contribution >= 0.6 is 0 Å². The van der Waals surface area contributed by atoms with Gasteiger partial charge in [-0.05, 0) is 28.8 Å². The Bertz CT molecular complexity index is 729. The number of aromatic amines is 1. The van der Waals surface area contributed by atoms with E-state index in [1.165, 1.54) is 0 Å². The summed E-state index contributed by atoms with van der Waals surface area (Å²) >= 11 is 0. The number of carbonyl (C=O) groups is 1. The van der Waals surface area contributed by atoms with Crippen molar-refractivity contribution in [1.29, 1.82) is 0 Å². The van der Waals surface area contributed by atoms with Crippen LogP contribution in [0.25, 0.3) is 22.0 Å².